The van der Waals surface area contributed by atoms with E-state index in [1.165, 1.54) is 0 Å². The molecule has 1 aromatic carbocycles. The van der Waals surface area contributed by atoms with E-state index < -0.39 is 15.8 Å². The molecule has 0 aromatic heterocycles. The van der Waals surface area contributed by atoms with Gasteiger partial charge in [0.2, 0.25) is 0 Å². The smallest absolute Gasteiger partial charge is 0.150 e. The second-order valence-electron chi connectivity index (χ2n) is 4.92. The molecule has 104 valence electrons. The number of carbonyl (C=O) groups excluding carboxylic acids is 1. The minimum Gasteiger partial charge on any atom is -0.496 e. The highest BCUT2D eigenvalue weighted by Crippen LogP contribution is 2.35. The van der Waals surface area contributed by atoms with Crippen LogP contribution in [0, 0.1) is 5.92 Å². The summed E-state index contributed by atoms with van der Waals surface area (Å²) in [5.74, 6) is 0.413. The van der Waals surface area contributed by atoms with E-state index in [0.29, 0.717) is 12.2 Å². The number of para-hydroxylation sites is 1. The Kier molecular flexibility index (Phi) is 4.24. The first-order valence-corrected chi connectivity index (χ1v) is 8.18. The normalized spacial score (nSPS) is 23.5. The van der Waals surface area contributed by atoms with E-state index in [1.807, 2.05) is 18.2 Å². The molecule has 0 bridgehead atoms. The Hall–Kier alpha value is -1.36. The number of hydrogen-bond donors (Lipinski definition) is 0. The molecule has 1 saturated heterocycles. The number of rotatable bonds is 4. The SMILES string of the molecule is COc1ccccc1C(C=O)C1CCCS(=O)(=O)C1. The second-order valence-corrected chi connectivity index (χ2v) is 7.15. The molecule has 0 N–H and O–H groups in total. The van der Waals surface area contributed by atoms with Crippen LogP contribution in [0.1, 0.15) is 24.3 Å². The molecule has 2 unspecified atom stereocenters. The Morgan fingerprint density at radius 3 is 2.74 bits per heavy atom. The fraction of sp³-hybridized carbons (Fsp3) is 0.500. The highest BCUT2D eigenvalue weighted by Gasteiger charge is 2.32. The van der Waals surface area contributed by atoms with E-state index >= 15 is 0 Å². The van der Waals surface area contributed by atoms with Gasteiger partial charge in [-0.2, -0.15) is 0 Å². The van der Waals surface area contributed by atoms with Crippen molar-refractivity contribution in [2.45, 2.75) is 18.8 Å². The zero-order valence-corrected chi connectivity index (χ0v) is 11.7. The van der Waals surface area contributed by atoms with Gasteiger partial charge in [0.1, 0.15) is 12.0 Å². The Balaban J connectivity index is 2.31. The maximum Gasteiger partial charge on any atom is 0.150 e. The van der Waals surface area contributed by atoms with Crippen LogP contribution in [0.5, 0.6) is 5.75 Å². The van der Waals surface area contributed by atoms with Gasteiger partial charge in [0.25, 0.3) is 0 Å². The van der Waals surface area contributed by atoms with Gasteiger partial charge in [0, 0.05) is 11.5 Å². The van der Waals surface area contributed by atoms with Crippen LogP contribution in [0.4, 0.5) is 0 Å². The van der Waals surface area contributed by atoms with Crippen molar-refractivity contribution in [2.24, 2.45) is 5.92 Å². The van der Waals surface area contributed by atoms with Gasteiger partial charge in [-0.1, -0.05) is 18.2 Å². The fourth-order valence-electron chi connectivity index (χ4n) is 2.72. The number of methoxy groups -OCH3 is 1. The molecule has 0 amide bonds. The molecule has 1 aliphatic heterocycles. The molecule has 1 heterocycles. The van der Waals surface area contributed by atoms with Crippen LogP contribution in [0.15, 0.2) is 24.3 Å². The summed E-state index contributed by atoms with van der Waals surface area (Å²) in [4.78, 5) is 11.4. The fourth-order valence-corrected chi connectivity index (χ4v) is 4.52. The number of sulfone groups is 1. The van der Waals surface area contributed by atoms with Gasteiger partial charge < -0.3 is 9.53 Å². The van der Waals surface area contributed by atoms with E-state index in [4.69, 9.17) is 4.74 Å². The van der Waals surface area contributed by atoms with E-state index in [2.05, 4.69) is 0 Å². The van der Waals surface area contributed by atoms with Gasteiger partial charge in [-0.25, -0.2) is 8.42 Å². The van der Waals surface area contributed by atoms with Crippen molar-refractivity contribution >= 4 is 16.1 Å². The molecular formula is C14H18O4S. The summed E-state index contributed by atoms with van der Waals surface area (Å²) in [6.45, 7) is 0. The van der Waals surface area contributed by atoms with Crippen molar-refractivity contribution in [3.63, 3.8) is 0 Å². The molecule has 4 nitrogen and oxygen atoms in total. The Labute approximate surface area is 113 Å². The van der Waals surface area contributed by atoms with Gasteiger partial charge in [0.15, 0.2) is 9.84 Å². The number of ether oxygens (including phenoxy) is 1. The van der Waals surface area contributed by atoms with Gasteiger partial charge >= 0.3 is 0 Å². The third-order valence-electron chi connectivity index (χ3n) is 3.65. The van der Waals surface area contributed by atoms with Crippen LogP contribution in [-0.4, -0.2) is 33.3 Å². The lowest BCUT2D eigenvalue weighted by Crippen LogP contribution is -2.30. The molecule has 19 heavy (non-hydrogen) atoms. The molecule has 0 radical (unpaired) electrons. The Bertz CT molecular complexity index is 550. The minimum absolute atomic E-state index is 0.0917. The van der Waals surface area contributed by atoms with Gasteiger partial charge in [-0.15, -0.1) is 0 Å². The van der Waals surface area contributed by atoms with Gasteiger partial charge in [0.05, 0.1) is 18.6 Å². The molecule has 1 aliphatic rings. The highest BCUT2D eigenvalue weighted by atomic mass is 32.2. The third-order valence-corrected chi connectivity index (χ3v) is 5.50. The second kappa shape index (κ2) is 5.74. The average Bonchev–Trinajstić information content (AvgIpc) is 2.39. The van der Waals surface area contributed by atoms with E-state index in [9.17, 15) is 13.2 Å². The topological polar surface area (TPSA) is 60.4 Å². The standard InChI is InChI=1S/C14H18O4S/c1-18-14-7-3-2-6-12(14)13(9-15)11-5-4-8-19(16,17)10-11/h2-3,6-7,9,11,13H,4-5,8,10H2,1H3. The van der Waals surface area contributed by atoms with Crippen LogP contribution in [0.2, 0.25) is 0 Å². The maximum atomic E-state index is 11.7. The van der Waals surface area contributed by atoms with Crippen molar-refractivity contribution in [3.05, 3.63) is 29.8 Å². The van der Waals surface area contributed by atoms with Crippen molar-refractivity contribution < 1.29 is 17.9 Å². The summed E-state index contributed by atoms with van der Waals surface area (Å²) in [5, 5.41) is 0. The summed E-state index contributed by atoms with van der Waals surface area (Å²) >= 11 is 0. The third kappa shape index (κ3) is 3.15. The largest absolute Gasteiger partial charge is 0.496 e. The summed E-state index contributed by atoms with van der Waals surface area (Å²) in [5.41, 5.74) is 0.780. The Morgan fingerprint density at radius 1 is 1.37 bits per heavy atom. The predicted molar refractivity (Wildman–Crippen MR) is 73.2 cm³/mol. The summed E-state index contributed by atoms with van der Waals surface area (Å²) in [6.07, 6.45) is 2.25. The van der Waals surface area contributed by atoms with E-state index in [1.54, 1.807) is 13.2 Å². The van der Waals surface area contributed by atoms with Crippen LogP contribution in [-0.2, 0) is 14.6 Å². The average molecular weight is 282 g/mol. The first-order chi connectivity index (χ1) is 9.07. The van der Waals surface area contributed by atoms with Gasteiger partial charge in [-0.05, 0) is 24.8 Å². The zero-order chi connectivity index (χ0) is 13.9. The molecule has 1 fully saturated rings. The molecule has 0 spiro atoms. The quantitative estimate of drug-likeness (QED) is 0.790. The molecule has 2 atom stereocenters. The Morgan fingerprint density at radius 2 is 2.11 bits per heavy atom. The lowest BCUT2D eigenvalue weighted by Gasteiger charge is -2.27. The lowest BCUT2D eigenvalue weighted by molar-refractivity contribution is -0.110. The molecule has 0 aliphatic carbocycles. The first-order valence-electron chi connectivity index (χ1n) is 6.36. The minimum atomic E-state index is -3.01. The zero-order valence-electron chi connectivity index (χ0n) is 10.9. The first kappa shape index (κ1) is 14.1. The van der Waals surface area contributed by atoms with E-state index in [0.717, 1.165) is 18.3 Å². The van der Waals surface area contributed by atoms with Crippen LogP contribution in [0.25, 0.3) is 0 Å². The molecule has 5 heteroatoms. The number of carbonyl (C=O) groups is 1. The number of hydrogen-bond acceptors (Lipinski definition) is 4. The van der Waals surface area contributed by atoms with Crippen molar-refractivity contribution in [1.82, 2.24) is 0 Å². The summed E-state index contributed by atoms with van der Waals surface area (Å²) in [6, 6.07) is 7.30. The van der Waals surface area contributed by atoms with Crippen molar-refractivity contribution in [1.29, 1.82) is 0 Å². The van der Waals surface area contributed by atoms with Crippen molar-refractivity contribution in [2.75, 3.05) is 18.6 Å². The van der Waals surface area contributed by atoms with E-state index in [-0.39, 0.29) is 17.4 Å². The molecular weight excluding hydrogens is 264 g/mol. The number of benzene rings is 1. The molecule has 0 saturated carbocycles. The molecule has 2 rings (SSSR count). The predicted octanol–water partition coefficient (Wildman–Crippen LogP) is 1.80. The van der Waals surface area contributed by atoms with Crippen molar-refractivity contribution in [3.8, 4) is 5.75 Å². The van der Waals surface area contributed by atoms with Crippen LogP contribution < -0.4 is 4.74 Å². The van der Waals surface area contributed by atoms with Crippen LogP contribution in [0.3, 0.4) is 0 Å². The maximum absolute atomic E-state index is 11.7. The summed E-state index contributed by atoms with van der Waals surface area (Å²) < 4.78 is 28.7. The molecule has 1 aromatic rings. The lowest BCUT2D eigenvalue weighted by atomic mass is 9.85. The van der Waals surface area contributed by atoms with Gasteiger partial charge in [-0.3, -0.25) is 0 Å². The van der Waals surface area contributed by atoms with Crippen LogP contribution >= 0.6 is 0 Å². The monoisotopic (exact) mass is 282 g/mol. The number of aldehydes is 1. The highest BCUT2D eigenvalue weighted by molar-refractivity contribution is 7.91. The summed E-state index contributed by atoms with van der Waals surface area (Å²) in [7, 11) is -1.46.